The Kier molecular flexibility index (Phi) is 4.58. The molecule has 1 unspecified atom stereocenters. The van der Waals surface area contributed by atoms with Gasteiger partial charge >= 0.3 is 0 Å². The zero-order chi connectivity index (χ0) is 14.1. The van der Waals surface area contributed by atoms with Crippen LogP contribution in [0.25, 0.3) is 0 Å². The summed E-state index contributed by atoms with van der Waals surface area (Å²) >= 11 is 0. The molecule has 0 aromatic rings. The van der Waals surface area contributed by atoms with Crippen LogP contribution < -0.4 is 5.73 Å². The van der Waals surface area contributed by atoms with E-state index in [0.29, 0.717) is 18.1 Å². The fraction of sp³-hybridized carbons (Fsp3) is 1.00. The standard InChI is InChI=1S/C14H28N2O2S/c1-3-12-4-7-14(11-15,8-5-12)16(2)13-6-9-19(17,18)10-13/h12-13H,3-11,15H2,1-2H3. The lowest BCUT2D eigenvalue weighted by Crippen LogP contribution is -2.57. The summed E-state index contributed by atoms with van der Waals surface area (Å²) in [6.45, 7) is 2.91. The molecule has 0 aromatic carbocycles. The molecule has 2 aliphatic rings. The molecule has 1 aliphatic heterocycles. The predicted octanol–water partition coefficient (Wildman–Crippen LogP) is 1.40. The van der Waals surface area contributed by atoms with E-state index in [1.54, 1.807) is 0 Å². The van der Waals surface area contributed by atoms with Crippen LogP contribution in [-0.2, 0) is 9.84 Å². The fourth-order valence-electron chi connectivity index (χ4n) is 3.79. The van der Waals surface area contributed by atoms with E-state index in [1.165, 1.54) is 19.3 Å². The van der Waals surface area contributed by atoms with E-state index in [-0.39, 0.29) is 11.6 Å². The van der Waals surface area contributed by atoms with Gasteiger partial charge in [0.25, 0.3) is 0 Å². The Morgan fingerprint density at radius 1 is 1.26 bits per heavy atom. The maximum atomic E-state index is 11.7. The first-order chi connectivity index (χ1) is 8.92. The highest BCUT2D eigenvalue weighted by Crippen LogP contribution is 2.38. The van der Waals surface area contributed by atoms with E-state index in [9.17, 15) is 8.42 Å². The second-order valence-electron chi connectivity index (χ2n) is 6.45. The third-order valence-electron chi connectivity index (χ3n) is 5.50. The molecule has 0 bridgehead atoms. The number of rotatable bonds is 4. The third-order valence-corrected chi connectivity index (χ3v) is 7.25. The number of hydrogen-bond acceptors (Lipinski definition) is 4. The Hall–Kier alpha value is -0.130. The normalized spacial score (nSPS) is 38.7. The minimum atomic E-state index is -2.81. The van der Waals surface area contributed by atoms with Crippen molar-refractivity contribution in [3.8, 4) is 0 Å². The first-order valence-electron chi connectivity index (χ1n) is 7.56. The van der Waals surface area contributed by atoms with Gasteiger partial charge in [0.05, 0.1) is 11.5 Å². The van der Waals surface area contributed by atoms with Crippen LogP contribution in [0.15, 0.2) is 0 Å². The molecule has 1 heterocycles. The van der Waals surface area contributed by atoms with Gasteiger partial charge in [-0.1, -0.05) is 13.3 Å². The first-order valence-corrected chi connectivity index (χ1v) is 9.38. The molecule has 4 nitrogen and oxygen atoms in total. The topological polar surface area (TPSA) is 63.4 Å². The molecule has 0 radical (unpaired) electrons. The van der Waals surface area contributed by atoms with Crippen molar-refractivity contribution in [1.29, 1.82) is 0 Å². The van der Waals surface area contributed by atoms with Crippen LogP contribution in [0.3, 0.4) is 0 Å². The van der Waals surface area contributed by atoms with E-state index >= 15 is 0 Å². The van der Waals surface area contributed by atoms with Crippen LogP contribution in [-0.4, -0.2) is 50.0 Å². The number of nitrogens with zero attached hydrogens (tertiary/aromatic N) is 1. The summed E-state index contributed by atoms with van der Waals surface area (Å²) < 4.78 is 23.3. The lowest BCUT2D eigenvalue weighted by molar-refractivity contribution is 0.0372. The summed E-state index contributed by atoms with van der Waals surface area (Å²) in [4.78, 5) is 2.31. The molecule has 5 heteroatoms. The number of likely N-dealkylation sites (N-methyl/N-ethyl adjacent to an activating group) is 1. The zero-order valence-corrected chi connectivity index (χ0v) is 13.1. The van der Waals surface area contributed by atoms with E-state index in [2.05, 4.69) is 18.9 Å². The lowest BCUT2D eigenvalue weighted by atomic mass is 9.74. The van der Waals surface area contributed by atoms with Crippen LogP contribution >= 0.6 is 0 Å². The van der Waals surface area contributed by atoms with Gasteiger partial charge in [0.15, 0.2) is 9.84 Å². The maximum absolute atomic E-state index is 11.7. The summed E-state index contributed by atoms with van der Waals surface area (Å²) in [5, 5.41) is 0. The van der Waals surface area contributed by atoms with E-state index < -0.39 is 9.84 Å². The zero-order valence-electron chi connectivity index (χ0n) is 12.3. The second kappa shape index (κ2) is 5.70. The Bertz CT molecular complexity index is 400. The Morgan fingerprint density at radius 3 is 2.32 bits per heavy atom. The number of nitrogens with two attached hydrogens (primary N) is 1. The molecule has 1 saturated heterocycles. The number of hydrogen-bond donors (Lipinski definition) is 1. The molecule has 1 saturated carbocycles. The third kappa shape index (κ3) is 3.14. The second-order valence-corrected chi connectivity index (χ2v) is 8.68. The van der Waals surface area contributed by atoms with Gasteiger partial charge in [-0.25, -0.2) is 8.42 Å². The summed E-state index contributed by atoms with van der Waals surface area (Å²) in [6, 6.07) is 0.173. The van der Waals surface area contributed by atoms with Gasteiger partial charge in [0, 0.05) is 18.1 Å². The SMILES string of the molecule is CCC1CCC(CN)(N(C)C2CCS(=O)(=O)C2)CC1. The average molecular weight is 288 g/mol. The first kappa shape index (κ1) is 15.3. The Balaban J connectivity index is 2.05. The minimum absolute atomic E-state index is 0.0379. The summed E-state index contributed by atoms with van der Waals surface area (Å²) in [5.41, 5.74) is 6.11. The maximum Gasteiger partial charge on any atom is 0.151 e. The van der Waals surface area contributed by atoms with Gasteiger partial charge < -0.3 is 5.73 Å². The van der Waals surface area contributed by atoms with Crippen LogP contribution in [0, 0.1) is 5.92 Å². The highest BCUT2D eigenvalue weighted by molar-refractivity contribution is 7.91. The molecular weight excluding hydrogens is 260 g/mol. The summed E-state index contributed by atoms with van der Waals surface area (Å²) in [6.07, 6.45) is 6.74. The van der Waals surface area contributed by atoms with Crippen LogP contribution in [0.1, 0.15) is 45.4 Å². The fourth-order valence-corrected chi connectivity index (χ4v) is 5.57. The average Bonchev–Trinajstić information content (AvgIpc) is 2.78. The van der Waals surface area contributed by atoms with Crippen molar-refractivity contribution >= 4 is 9.84 Å². The molecule has 0 aromatic heterocycles. The molecule has 2 N–H and O–H groups in total. The van der Waals surface area contributed by atoms with Crippen molar-refractivity contribution in [2.45, 2.75) is 57.0 Å². The van der Waals surface area contributed by atoms with Crippen LogP contribution in [0.4, 0.5) is 0 Å². The molecule has 112 valence electrons. The van der Waals surface area contributed by atoms with Crippen molar-refractivity contribution in [3.63, 3.8) is 0 Å². The van der Waals surface area contributed by atoms with Crippen molar-refractivity contribution in [2.75, 3.05) is 25.1 Å². The van der Waals surface area contributed by atoms with Gasteiger partial charge in [-0.05, 0) is 45.1 Å². The van der Waals surface area contributed by atoms with Gasteiger partial charge in [-0.15, -0.1) is 0 Å². The molecule has 0 amide bonds. The smallest absolute Gasteiger partial charge is 0.151 e. The van der Waals surface area contributed by atoms with Crippen molar-refractivity contribution < 1.29 is 8.42 Å². The van der Waals surface area contributed by atoms with Crippen molar-refractivity contribution in [2.24, 2.45) is 11.7 Å². The molecular formula is C14H28N2O2S. The molecule has 1 aliphatic carbocycles. The largest absolute Gasteiger partial charge is 0.329 e. The van der Waals surface area contributed by atoms with E-state index in [1.807, 2.05) is 0 Å². The molecule has 2 fully saturated rings. The quantitative estimate of drug-likeness (QED) is 0.849. The van der Waals surface area contributed by atoms with Crippen LogP contribution in [0.2, 0.25) is 0 Å². The molecule has 2 rings (SSSR count). The van der Waals surface area contributed by atoms with Crippen molar-refractivity contribution in [3.05, 3.63) is 0 Å². The van der Waals surface area contributed by atoms with Gasteiger partial charge in [0.2, 0.25) is 0 Å². The minimum Gasteiger partial charge on any atom is -0.329 e. The predicted molar refractivity (Wildman–Crippen MR) is 78.9 cm³/mol. The Morgan fingerprint density at radius 2 is 1.89 bits per heavy atom. The summed E-state index contributed by atoms with van der Waals surface area (Å²) in [7, 11) is -0.724. The summed E-state index contributed by atoms with van der Waals surface area (Å²) in [5.74, 6) is 1.50. The van der Waals surface area contributed by atoms with E-state index in [4.69, 9.17) is 5.73 Å². The van der Waals surface area contributed by atoms with E-state index in [0.717, 1.165) is 25.2 Å². The highest BCUT2D eigenvalue weighted by Gasteiger charge is 2.42. The Labute approximate surface area is 117 Å². The molecule has 0 spiro atoms. The monoisotopic (exact) mass is 288 g/mol. The number of sulfone groups is 1. The highest BCUT2D eigenvalue weighted by atomic mass is 32.2. The van der Waals surface area contributed by atoms with Gasteiger partial charge in [-0.2, -0.15) is 0 Å². The van der Waals surface area contributed by atoms with Crippen molar-refractivity contribution in [1.82, 2.24) is 4.90 Å². The molecule has 1 atom stereocenters. The molecule has 19 heavy (non-hydrogen) atoms. The van der Waals surface area contributed by atoms with Crippen LogP contribution in [0.5, 0.6) is 0 Å². The van der Waals surface area contributed by atoms with Gasteiger partial charge in [-0.3, -0.25) is 4.90 Å². The van der Waals surface area contributed by atoms with Gasteiger partial charge in [0.1, 0.15) is 0 Å². The lowest BCUT2D eigenvalue weighted by Gasteiger charge is -2.48.